The van der Waals surface area contributed by atoms with Crippen LogP contribution in [0.5, 0.6) is 0 Å². The predicted octanol–water partition coefficient (Wildman–Crippen LogP) is 3.54. The summed E-state index contributed by atoms with van der Waals surface area (Å²) in [5.41, 5.74) is 8.63. The maximum atomic E-state index is 11.1. The first-order valence-corrected chi connectivity index (χ1v) is 6.47. The number of aromatic carboxylic acids is 1. The minimum absolute atomic E-state index is 0.110. The van der Waals surface area contributed by atoms with Gasteiger partial charge in [0.05, 0.1) is 5.56 Å². The first-order valence-electron chi connectivity index (χ1n) is 6.09. The van der Waals surface area contributed by atoms with Crippen LogP contribution in [-0.4, -0.2) is 11.1 Å². The number of aryl methyl sites for hydroxylation is 1. The summed E-state index contributed by atoms with van der Waals surface area (Å²) in [6.07, 6.45) is 0. The van der Waals surface area contributed by atoms with Gasteiger partial charge in [0, 0.05) is 22.9 Å². The number of benzene rings is 2. The molecule has 104 valence electrons. The monoisotopic (exact) mass is 290 g/mol. The fourth-order valence-electron chi connectivity index (χ4n) is 1.93. The van der Waals surface area contributed by atoms with Gasteiger partial charge in [-0.1, -0.05) is 23.7 Å². The summed E-state index contributed by atoms with van der Waals surface area (Å²) in [5.74, 6) is -1.03. The van der Waals surface area contributed by atoms with E-state index in [0.717, 1.165) is 11.1 Å². The Morgan fingerprint density at radius 1 is 1.35 bits per heavy atom. The lowest BCUT2D eigenvalue weighted by Gasteiger charge is -2.11. The quantitative estimate of drug-likeness (QED) is 0.753. The lowest BCUT2D eigenvalue weighted by atomic mass is 10.1. The lowest BCUT2D eigenvalue weighted by molar-refractivity contribution is 0.0698. The number of hydrogen-bond donors (Lipinski definition) is 3. The first-order chi connectivity index (χ1) is 9.47. The van der Waals surface area contributed by atoms with Crippen molar-refractivity contribution in [3.63, 3.8) is 0 Å². The molecule has 0 saturated carbocycles. The number of carbonyl (C=O) groups is 1. The van der Waals surface area contributed by atoms with Crippen molar-refractivity contribution in [2.45, 2.75) is 13.5 Å². The minimum atomic E-state index is -1.03. The minimum Gasteiger partial charge on any atom is -0.478 e. The summed E-state index contributed by atoms with van der Waals surface area (Å²) in [5, 5.41) is 13.0. The van der Waals surface area contributed by atoms with E-state index in [-0.39, 0.29) is 5.56 Å². The molecule has 2 aromatic rings. The Kier molecular flexibility index (Phi) is 4.15. The van der Waals surface area contributed by atoms with Gasteiger partial charge in [-0.15, -0.1) is 0 Å². The Hall–Kier alpha value is -2.20. The lowest BCUT2D eigenvalue weighted by Crippen LogP contribution is -2.07. The second kappa shape index (κ2) is 5.84. The van der Waals surface area contributed by atoms with Crippen molar-refractivity contribution in [1.82, 2.24) is 0 Å². The Labute approximate surface area is 122 Å². The van der Waals surface area contributed by atoms with Crippen molar-refractivity contribution in [3.05, 3.63) is 58.1 Å². The van der Waals surface area contributed by atoms with Crippen molar-refractivity contribution in [2.24, 2.45) is 0 Å². The van der Waals surface area contributed by atoms with Gasteiger partial charge in [0.2, 0.25) is 0 Å². The van der Waals surface area contributed by atoms with Gasteiger partial charge in [-0.3, -0.25) is 0 Å². The molecule has 4 N–H and O–H groups in total. The summed E-state index contributed by atoms with van der Waals surface area (Å²) in [4.78, 5) is 11.1. The average Bonchev–Trinajstić information content (AvgIpc) is 2.39. The predicted molar refractivity (Wildman–Crippen MR) is 81.3 cm³/mol. The summed E-state index contributed by atoms with van der Waals surface area (Å²) in [6.45, 7) is 2.34. The van der Waals surface area contributed by atoms with Gasteiger partial charge in [0.1, 0.15) is 0 Å². The van der Waals surface area contributed by atoms with Crippen LogP contribution in [0, 0.1) is 6.92 Å². The SMILES string of the molecule is Cc1cc(NCc2cccc(Cl)c2)cc(C(=O)O)c1N. The molecule has 0 spiro atoms. The highest BCUT2D eigenvalue weighted by molar-refractivity contribution is 6.30. The molecule has 0 aliphatic rings. The third-order valence-corrected chi connectivity index (χ3v) is 3.24. The van der Waals surface area contributed by atoms with E-state index in [9.17, 15) is 4.79 Å². The molecule has 5 heteroatoms. The summed E-state index contributed by atoms with van der Waals surface area (Å²) in [7, 11) is 0. The molecule has 0 fully saturated rings. The fourth-order valence-corrected chi connectivity index (χ4v) is 2.14. The van der Waals surface area contributed by atoms with Gasteiger partial charge in [-0.05, 0) is 42.3 Å². The Balaban J connectivity index is 2.20. The Morgan fingerprint density at radius 2 is 2.10 bits per heavy atom. The van der Waals surface area contributed by atoms with E-state index in [1.807, 2.05) is 24.3 Å². The molecular formula is C15H15ClN2O2. The largest absolute Gasteiger partial charge is 0.478 e. The molecule has 0 saturated heterocycles. The Bertz CT molecular complexity index is 656. The third-order valence-electron chi connectivity index (χ3n) is 3.00. The van der Waals surface area contributed by atoms with Crippen LogP contribution in [0.15, 0.2) is 36.4 Å². The van der Waals surface area contributed by atoms with Crippen molar-refractivity contribution >= 4 is 28.9 Å². The molecule has 0 radical (unpaired) electrons. The zero-order valence-electron chi connectivity index (χ0n) is 11.0. The van der Waals surface area contributed by atoms with Crippen LogP contribution < -0.4 is 11.1 Å². The third kappa shape index (κ3) is 3.22. The maximum absolute atomic E-state index is 11.1. The van der Waals surface area contributed by atoms with Crippen LogP contribution in [0.2, 0.25) is 5.02 Å². The van der Waals surface area contributed by atoms with Crippen LogP contribution >= 0.6 is 11.6 Å². The van der Waals surface area contributed by atoms with E-state index in [1.165, 1.54) is 6.07 Å². The molecule has 0 amide bonds. The highest BCUT2D eigenvalue weighted by Gasteiger charge is 2.11. The highest BCUT2D eigenvalue weighted by Crippen LogP contribution is 2.23. The zero-order valence-corrected chi connectivity index (χ0v) is 11.7. The molecule has 20 heavy (non-hydrogen) atoms. The number of carboxylic acid groups (broad SMARTS) is 1. The standard InChI is InChI=1S/C15H15ClN2O2/c1-9-5-12(7-13(14(9)17)15(19)20)18-8-10-3-2-4-11(16)6-10/h2-7,18H,8,17H2,1H3,(H,19,20). The van der Waals surface area contributed by atoms with Gasteiger partial charge in [-0.25, -0.2) is 4.79 Å². The fraction of sp³-hybridized carbons (Fsp3) is 0.133. The summed E-state index contributed by atoms with van der Waals surface area (Å²) >= 11 is 5.92. The maximum Gasteiger partial charge on any atom is 0.337 e. The second-order valence-electron chi connectivity index (χ2n) is 4.54. The number of nitrogen functional groups attached to an aromatic ring is 1. The van der Waals surface area contributed by atoms with E-state index in [0.29, 0.717) is 22.9 Å². The van der Waals surface area contributed by atoms with Gasteiger partial charge in [-0.2, -0.15) is 0 Å². The van der Waals surface area contributed by atoms with Crippen molar-refractivity contribution in [2.75, 3.05) is 11.1 Å². The molecule has 0 aromatic heterocycles. The van der Waals surface area contributed by atoms with Crippen LogP contribution in [-0.2, 0) is 6.54 Å². The van der Waals surface area contributed by atoms with Crippen molar-refractivity contribution in [1.29, 1.82) is 0 Å². The topological polar surface area (TPSA) is 75.3 Å². The molecule has 0 heterocycles. The number of nitrogens with one attached hydrogen (secondary N) is 1. The second-order valence-corrected chi connectivity index (χ2v) is 4.98. The zero-order chi connectivity index (χ0) is 14.7. The molecule has 0 aliphatic heterocycles. The summed E-state index contributed by atoms with van der Waals surface area (Å²) in [6, 6.07) is 10.8. The van der Waals surface area contributed by atoms with E-state index in [4.69, 9.17) is 22.4 Å². The molecule has 2 rings (SSSR count). The number of rotatable bonds is 4. The van der Waals surface area contributed by atoms with Crippen LogP contribution in [0.4, 0.5) is 11.4 Å². The first kappa shape index (κ1) is 14.2. The average molecular weight is 291 g/mol. The normalized spacial score (nSPS) is 10.3. The highest BCUT2D eigenvalue weighted by atomic mass is 35.5. The molecule has 0 bridgehead atoms. The summed E-state index contributed by atoms with van der Waals surface area (Å²) < 4.78 is 0. The van der Waals surface area contributed by atoms with Crippen LogP contribution in [0.1, 0.15) is 21.5 Å². The van der Waals surface area contributed by atoms with Gasteiger partial charge < -0.3 is 16.2 Å². The molecular weight excluding hydrogens is 276 g/mol. The molecule has 4 nitrogen and oxygen atoms in total. The van der Waals surface area contributed by atoms with E-state index in [1.54, 1.807) is 13.0 Å². The number of anilines is 2. The number of nitrogens with two attached hydrogens (primary N) is 1. The van der Waals surface area contributed by atoms with Crippen LogP contribution in [0.25, 0.3) is 0 Å². The Morgan fingerprint density at radius 3 is 2.75 bits per heavy atom. The van der Waals surface area contributed by atoms with Gasteiger partial charge >= 0.3 is 5.97 Å². The van der Waals surface area contributed by atoms with E-state index in [2.05, 4.69) is 5.32 Å². The van der Waals surface area contributed by atoms with Crippen LogP contribution in [0.3, 0.4) is 0 Å². The molecule has 0 aliphatic carbocycles. The van der Waals surface area contributed by atoms with E-state index < -0.39 is 5.97 Å². The van der Waals surface area contributed by atoms with E-state index >= 15 is 0 Å². The number of carboxylic acids is 1. The smallest absolute Gasteiger partial charge is 0.337 e. The van der Waals surface area contributed by atoms with Gasteiger partial charge in [0.25, 0.3) is 0 Å². The number of hydrogen-bond acceptors (Lipinski definition) is 3. The molecule has 0 atom stereocenters. The number of halogens is 1. The molecule has 2 aromatic carbocycles. The van der Waals surface area contributed by atoms with Crippen molar-refractivity contribution in [3.8, 4) is 0 Å². The molecule has 0 unspecified atom stereocenters. The van der Waals surface area contributed by atoms with Gasteiger partial charge in [0.15, 0.2) is 0 Å². The van der Waals surface area contributed by atoms with Crippen molar-refractivity contribution < 1.29 is 9.90 Å².